The van der Waals surface area contributed by atoms with Gasteiger partial charge in [0.2, 0.25) is 5.91 Å². The smallest absolute Gasteiger partial charge is 0.248 e. The van der Waals surface area contributed by atoms with E-state index in [9.17, 15) is 4.79 Å². The van der Waals surface area contributed by atoms with Crippen molar-refractivity contribution in [2.75, 3.05) is 31.6 Å². The Bertz CT molecular complexity index is 1200. The predicted octanol–water partition coefficient (Wildman–Crippen LogP) is 4.62. The minimum absolute atomic E-state index is 0.221. The number of rotatable bonds is 10. The van der Waals surface area contributed by atoms with Gasteiger partial charge in [0.15, 0.2) is 0 Å². The molecule has 3 N–H and O–H groups in total. The van der Waals surface area contributed by atoms with Crippen molar-refractivity contribution >= 4 is 24.0 Å². The van der Waals surface area contributed by atoms with E-state index < -0.39 is 0 Å². The van der Waals surface area contributed by atoms with Crippen LogP contribution in [-0.4, -0.2) is 49.5 Å². The van der Waals surface area contributed by atoms with Crippen LogP contribution in [0.5, 0.6) is 0 Å². The van der Waals surface area contributed by atoms with E-state index in [-0.39, 0.29) is 5.91 Å². The average molecular weight is 496 g/mol. The molecule has 1 amide bonds. The van der Waals surface area contributed by atoms with Gasteiger partial charge in [-0.15, -0.1) is 0 Å². The molecule has 0 atom stereocenters. The summed E-state index contributed by atoms with van der Waals surface area (Å²) in [5, 5.41) is 14.2. The van der Waals surface area contributed by atoms with Crippen molar-refractivity contribution in [3.05, 3.63) is 113 Å². The minimum atomic E-state index is -0.221. The number of morpholine rings is 1. The van der Waals surface area contributed by atoms with Gasteiger partial charge in [-0.2, -0.15) is 0 Å². The van der Waals surface area contributed by atoms with Gasteiger partial charge in [0, 0.05) is 68.3 Å². The molecule has 0 saturated carbocycles. The summed E-state index contributed by atoms with van der Waals surface area (Å²) in [7, 11) is 0. The van der Waals surface area contributed by atoms with Gasteiger partial charge in [0.05, 0.1) is 13.2 Å². The molecule has 4 rings (SSSR count). The Labute approximate surface area is 218 Å². The number of carbonyl (C=O) groups excluding carboxylic acids is 1. The molecule has 7 nitrogen and oxygen atoms in total. The van der Waals surface area contributed by atoms with Crippen molar-refractivity contribution < 1.29 is 9.53 Å². The summed E-state index contributed by atoms with van der Waals surface area (Å²) in [6.07, 6.45) is 12.4. The first-order valence-electron chi connectivity index (χ1n) is 12.5. The van der Waals surface area contributed by atoms with Crippen molar-refractivity contribution in [2.45, 2.75) is 19.5 Å². The lowest BCUT2D eigenvalue weighted by Gasteiger charge is -2.26. The topological polar surface area (TPSA) is 89.8 Å². The fourth-order valence-electron chi connectivity index (χ4n) is 4.13. The SMILES string of the molecule is N=C/C(=C\NCc1ccccc1)C1=C(/C=C/C(=O)Nc2ccc(CN3CCOCC3)cc2)C=NC=CC1. The number of benzene rings is 2. The van der Waals surface area contributed by atoms with Crippen LogP contribution in [0.3, 0.4) is 0 Å². The highest BCUT2D eigenvalue weighted by molar-refractivity contribution is 6.01. The van der Waals surface area contributed by atoms with E-state index in [1.54, 1.807) is 18.5 Å². The highest BCUT2D eigenvalue weighted by Crippen LogP contribution is 2.20. The van der Waals surface area contributed by atoms with Crippen molar-refractivity contribution in [3.63, 3.8) is 0 Å². The van der Waals surface area contributed by atoms with Gasteiger partial charge >= 0.3 is 0 Å². The Morgan fingerprint density at radius 2 is 1.84 bits per heavy atom. The normalized spacial score (nSPS) is 16.6. The summed E-state index contributed by atoms with van der Waals surface area (Å²) in [5.41, 5.74) is 5.56. The number of amides is 1. The standard InChI is InChI=1S/C30H33N5O2/c31-19-27(22-33-20-24-5-2-1-3-6-24)29-7-4-14-32-21-26(29)10-13-30(36)34-28-11-8-25(9-12-28)23-35-15-17-37-18-16-35/h1-6,8-14,19,21-22,31,33H,7,15-18,20,23H2,(H,34,36)/b13-10+,27-22+,31-19?. The molecule has 7 heteroatoms. The molecule has 0 spiro atoms. The van der Waals surface area contributed by atoms with Gasteiger partial charge in [-0.25, -0.2) is 0 Å². The first-order valence-corrected chi connectivity index (χ1v) is 12.5. The number of anilines is 1. The molecule has 1 fully saturated rings. The zero-order valence-corrected chi connectivity index (χ0v) is 20.9. The van der Waals surface area contributed by atoms with E-state index in [2.05, 4.69) is 32.7 Å². The molecule has 190 valence electrons. The van der Waals surface area contributed by atoms with Crippen molar-refractivity contribution in [2.24, 2.45) is 4.99 Å². The van der Waals surface area contributed by atoms with E-state index in [0.717, 1.165) is 60.8 Å². The number of hydrogen-bond donors (Lipinski definition) is 3. The van der Waals surface area contributed by atoms with Crippen LogP contribution in [0.2, 0.25) is 0 Å². The van der Waals surface area contributed by atoms with Crippen molar-refractivity contribution in [1.29, 1.82) is 5.41 Å². The van der Waals surface area contributed by atoms with Gasteiger partial charge in [-0.05, 0) is 46.9 Å². The number of ether oxygens (including phenoxy) is 1. The number of carbonyl (C=O) groups is 1. The van der Waals surface area contributed by atoms with E-state index in [0.29, 0.717) is 13.0 Å². The molecule has 0 aromatic heterocycles. The summed E-state index contributed by atoms with van der Waals surface area (Å²) >= 11 is 0. The molecular formula is C30H33N5O2. The van der Waals surface area contributed by atoms with Crippen LogP contribution in [0, 0.1) is 5.41 Å². The van der Waals surface area contributed by atoms with Crippen LogP contribution in [0.4, 0.5) is 5.69 Å². The Kier molecular flexibility index (Phi) is 9.75. The summed E-state index contributed by atoms with van der Waals surface area (Å²) in [4.78, 5) is 19.3. The largest absolute Gasteiger partial charge is 0.386 e. The second-order valence-electron chi connectivity index (χ2n) is 8.82. The highest BCUT2D eigenvalue weighted by Gasteiger charge is 2.11. The van der Waals surface area contributed by atoms with Crippen LogP contribution in [0.25, 0.3) is 0 Å². The zero-order valence-electron chi connectivity index (χ0n) is 20.9. The molecule has 0 aliphatic carbocycles. The second kappa shape index (κ2) is 13.9. The number of nitrogens with zero attached hydrogens (tertiary/aromatic N) is 2. The monoisotopic (exact) mass is 495 g/mol. The molecule has 2 aliphatic heterocycles. The Morgan fingerprint density at radius 3 is 2.59 bits per heavy atom. The van der Waals surface area contributed by atoms with Crippen LogP contribution in [-0.2, 0) is 22.6 Å². The van der Waals surface area contributed by atoms with Crippen LogP contribution < -0.4 is 10.6 Å². The summed E-state index contributed by atoms with van der Waals surface area (Å²) in [6, 6.07) is 18.0. The average Bonchev–Trinajstić information content (AvgIpc) is 3.18. The van der Waals surface area contributed by atoms with Crippen LogP contribution in [0.15, 0.2) is 107 Å². The fraction of sp³-hybridized carbons (Fsp3) is 0.233. The molecule has 2 aromatic rings. The Morgan fingerprint density at radius 1 is 1.05 bits per heavy atom. The van der Waals surface area contributed by atoms with E-state index >= 15 is 0 Å². The number of nitrogens with one attached hydrogen (secondary N) is 3. The molecule has 2 aromatic carbocycles. The van der Waals surface area contributed by atoms with E-state index in [4.69, 9.17) is 10.1 Å². The number of aliphatic imine (C=N–C) groups is 1. The molecule has 1 saturated heterocycles. The third-order valence-electron chi connectivity index (χ3n) is 6.13. The van der Waals surface area contributed by atoms with Crippen molar-refractivity contribution in [1.82, 2.24) is 10.2 Å². The zero-order chi connectivity index (χ0) is 25.7. The van der Waals surface area contributed by atoms with Gasteiger partial charge < -0.3 is 20.8 Å². The fourth-order valence-corrected chi connectivity index (χ4v) is 4.13. The van der Waals surface area contributed by atoms with Gasteiger partial charge in [0.25, 0.3) is 0 Å². The van der Waals surface area contributed by atoms with E-state index in [1.807, 2.05) is 54.7 Å². The van der Waals surface area contributed by atoms with Gasteiger partial charge in [0.1, 0.15) is 0 Å². The first-order chi connectivity index (χ1) is 18.2. The Hall–Kier alpha value is -4.07. The van der Waals surface area contributed by atoms with Gasteiger partial charge in [-0.3, -0.25) is 14.7 Å². The maximum absolute atomic E-state index is 12.6. The minimum Gasteiger partial charge on any atom is -0.386 e. The van der Waals surface area contributed by atoms with Crippen LogP contribution >= 0.6 is 0 Å². The highest BCUT2D eigenvalue weighted by atomic mass is 16.5. The quantitative estimate of drug-likeness (QED) is 0.331. The lowest BCUT2D eigenvalue weighted by atomic mass is 9.98. The third-order valence-corrected chi connectivity index (χ3v) is 6.13. The van der Waals surface area contributed by atoms with Crippen LogP contribution in [0.1, 0.15) is 17.5 Å². The third kappa shape index (κ3) is 8.24. The molecule has 0 radical (unpaired) electrons. The summed E-state index contributed by atoms with van der Waals surface area (Å²) in [5.74, 6) is -0.221. The predicted molar refractivity (Wildman–Crippen MR) is 150 cm³/mol. The molecular weight excluding hydrogens is 462 g/mol. The molecule has 0 bridgehead atoms. The van der Waals surface area contributed by atoms with E-state index in [1.165, 1.54) is 17.9 Å². The Balaban J connectivity index is 1.39. The second-order valence-corrected chi connectivity index (χ2v) is 8.82. The van der Waals surface area contributed by atoms with Gasteiger partial charge in [-0.1, -0.05) is 48.5 Å². The van der Waals surface area contributed by atoms with Crippen molar-refractivity contribution in [3.8, 4) is 0 Å². The first kappa shape index (κ1) is 26.0. The lowest BCUT2D eigenvalue weighted by Crippen LogP contribution is -2.35. The number of allylic oxidation sites excluding steroid dienone is 5. The molecule has 0 unspecified atom stereocenters. The molecule has 37 heavy (non-hydrogen) atoms. The summed E-state index contributed by atoms with van der Waals surface area (Å²) in [6.45, 7) is 4.98. The molecule has 2 heterocycles. The maximum atomic E-state index is 12.6. The lowest BCUT2D eigenvalue weighted by molar-refractivity contribution is -0.111. The summed E-state index contributed by atoms with van der Waals surface area (Å²) < 4.78 is 5.41. The molecule has 2 aliphatic rings. The number of hydrogen-bond acceptors (Lipinski definition) is 6. The maximum Gasteiger partial charge on any atom is 0.248 e.